The van der Waals surface area contributed by atoms with Crippen LogP contribution in [0.3, 0.4) is 0 Å². The van der Waals surface area contributed by atoms with Crippen molar-refractivity contribution in [2.45, 2.75) is 46.1 Å². The number of hydrogen-bond donors (Lipinski definition) is 1. The molecule has 0 aromatic heterocycles. The second-order valence-corrected chi connectivity index (χ2v) is 6.22. The fourth-order valence-electron chi connectivity index (χ4n) is 1.65. The standard InChI is InChI=1S/C14H21ClO/c1-13(2,3)9-10-14(4,16)11-7-5-6-8-12(11)15/h5-8,16H,9-10H2,1-4H3. The van der Waals surface area contributed by atoms with Crippen molar-refractivity contribution in [3.05, 3.63) is 34.9 Å². The van der Waals surface area contributed by atoms with Gasteiger partial charge in [0.05, 0.1) is 5.60 Å². The Bertz CT molecular complexity index is 350. The Kier molecular flexibility index (Phi) is 4.03. The molecule has 1 aromatic rings. The monoisotopic (exact) mass is 240 g/mol. The van der Waals surface area contributed by atoms with Gasteiger partial charge in [0.1, 0.15) is 0 Å². The molecule has 0 amide bonds. The molecule has 1 aromatic carbocycles. The van der Waals surface area contributed by atoms with Crippen molar-refractivity contribution in [3.8, 4) is 0 Å². The highest BCUT2D eigenvalue weighted by molar-refractivity contribution is 6.31. The first-order valence-electron chi connectivity index (χ1n) is 5.70. The Morgan fingerprint density at radius 1 is 1.06 bits per heavy atom. The van der Waals surface area contributed by atoms with Crippen LogP contribution < -0.4 is 0 Å². The number of rotatable bonds is 3. The Hall–Kier alpha value is -0.530. The highest BCUT2D eigenvalue weighted by atomic mass is 35.5. The van der Waals surface area contributed by atoms with Crippen LogP contribution in [-0.2, 0) is 5.60 Å². The van der Waals surface area contributed by atoms with Crippen molar-refractivity contribution >= 4 is 11.6 Å². The third-order valence-corrected chi connectivity index (χ3v) is 3.15. The lowest BCUT2D eigenvalue weighted by Gasteiger charge is -2.28. The molecular weight excluding hydrogens is 220 g/mol. The summed E-state index contributed by atoms with van der Waals surface area (Å²) in [6.45, 7) is 8.36. The van der Waals surface area contributed by atoms with E-state index in [-0.39, 0.29) is 5.41 Å². The maximum absolute atomic E-state index is 10.4. The summed E-state index contributed by atoms with van der Waals surface area (Å²) in [6.07, 6.45) is 1.69. The van der Waals surface area contributed by atoms with E-state index >= 15 is 0 Å². The van der Waals surface area contributed by atoms with Crippen molar-refractivity contribution in [1.29, 1.82) is 0 Å². The highest BCUT2D eigenvalue weighted by Gasteiger charge is 2.27. The van der Waals surface area contributed by atoms with E-state index in [1.54, 1.807) is 0 Å². The predicted molar refractivity (Wildman–Crippen MR) is 69.7 cm³/mol. The third kappa shape index (κ3) is 3.80. The maximum Gasteiger partial charge on any atom is 0.0883 e. The van der Waals surface area contributed by atoms with Crippen LogP contribution in [0.2, 0.25) is 5.02 Å². The molecule has 0 aliphatic rings. The molecule has 0 aliphatic heterocycles. The fraction of sp³-hybridized carbons (Fsp3) is 0.571. The van der Waals surface area contributed by atoms with Crippen molar-refractivity contribution in [1.82, 2.24) is 0 Å². The van der Waals surface area contributed by atoms with E-state index in [2.05, 4.69) is 20.8 Å². The van der Waals surface area contributed by atoms with Crippen molar-refractivity contribution < 1.29 is 5.11 Å². The molecule has 0 saturated heterocycles. The molecule has 1 atom stereocenters. The van der Waals surface area contributed by atoms with Crippen LogP contribution in [0.15, 0.2) is 24.3 Å². The summed E-state index contributed by atoms with van der Waals surface area (Å²) >= 11 is 6.10. The molecule has 1 N–H and O–H groups in total. The summed E-state index contributed by atoms with van der Waals surface area (Å²) in [5, 5.41) is 11.1. The number of benzene rings is 1. The summed E-state index contributed by atoms with van der Waals surface area (Å²) < 4.78 is 0. The highest BCUT2D eigenvalue weighted by Crippen LogP contribution is 2.34. The lowest BCUT2D eigenvalue weighted by atomic mass is 9.82. The molecule has 1 rings (SSSR count). The Morgan fingerprint density at radius 3 is 2.12 bits per heavy atom. The average Bonchev–Trinajstić information content (AvgIpc) is 2.14. The maximum atomic E-state index is 10.4. The fourth-order valence-corrected chi connectivity index (χ4v) is 1.99. The molecule has 0 heterocycles. The molecule has 1 nitrogen and oxygen atoms in total. The Morgan fingerprint density at radius 2 is 1.62 bits per heavy atom. The molecule has 0 radical (unpaired) electrons. The predicted octanol–water partition coefficient (Wildman–Crippen LogP) is 4.37. The Balaban J connectivity index is 2.82. The van der Waals surface area contributed by atoms with Crippen LogP contribution in [0.1, 0.15) is 46.1 Å². The van der Waals surface area contributed by atoms with Gasteiger partial charge in [0.25, 0.3) is 0 Å². The van der Waals surface area contributed by atoms with E-state index in [0.717, 1.165) is 18.4 Å². The van der Waals surface area contributed by atoms with E-state index < -0.39 is 5.60 Å². The molecule has 0 aliphatic carbocycles. The minimum atomic E-state index is -0.842. The van der Waals surface area contributed by atoms with Gasteiger partial charge in [0.15, 0.2) is 0 Å². The van der Waals surface area contributed by atoms with Gasteiger partial charge >= 0.3 is 0 Å². The second kappa shape index (κ2) is 4.77. The minimum Gasteiger partial charge on any atom is -0.385 e. The molecule has 2 heteroatoms. The van der Waals surface area contributed by atoms with Crippen LogP contribution >= 0.6 is 11.6 Å². The van der Waals surface area contributed by atoms with Gasteiger partial charge in [-0.2, -0.15) is 0 Å². The zero-order valence-electron chi connectivity index (χ0n) is 10.5. The van der Waals surface area contributed by atoms with Gasteiger partial charge in [-0.1, -0.05) is 50.6 Å². The number of halogens is 1. The van der Waals surface area contributed by atoms with E-state index in [1.165, 1.54) is 0 Å². The summed E-state index contributed by atoms with van der Waals surface area (Å²) in [5.41, 5.74) is 0.206. The van der Waals surface area contributed by atoms with Crippen molar-refractivity contribution in [2.75, 3.05) is 0 Å². The quantitative estimate of drug-likeness (QED) is 0.832. The van der Waals surface area contributed by atoms with Gasteiger partial charge < -0.3 is 5.11 Å². The van der Waals surface area contributed by atoms with Crippen LogP contribution in [0.4, 0.5) is 0 Å². The molecule has 90 valence electrons. The average molecular weight is 241 g/mol. The number of aliphatic hydroxyl groups is 1. The summed E-state index contributed by atoms with van der Waals surface area (Å²) in [7, 11) is 0. The molecule has 16 heavy (non-hydrogen) atoms. The van der Waals surface area contributed by atoms with Gasteiger partial charge in [-0.3, -0.25) is 0 Å². The largest absolute Gasteiger partial charge is 0.385 e. The number of hydrogen-bond acceptors (Lipinski definition) is 1. The smallest absolute Gasteiger partial charge is 0.0883 e. The topological polar surface area (TPSA) is 20.2 Å². The van der Waals surface area contributed by atoms with E-state index in [1.807, 2.05) is 31.2 Å². The first-order valence-corrected chi connectivity index (χ1v) is 6.08. The summed E-state index contributed by atoms with van der Waals surface area (Å²) in [4.78, 5) is 0. The van der Waals surface area contributed by atoms with Gasteiger partial charge in [0.2, 0.25) is 0 Å². The van der Waals surface area contributed by atoms with E-state index in [4.69, 9.17) is 11.6 Å². The van der Waals surface area contributed by atoms with Gasteiger partial charge in [0, 0.05) is 10.6 Å². The molecule has 1 unspecified atom stereocenters. The molecule has 0 spiro atoms. The zero-order valence-corrected chi connectivity index (χ0v) is 11.3. The molecule has 0 fully saturated rings. The third-order valence-electron chi connectivity index (χ3n) is 2.82. The lowest BCUT2D eigenvalue weighted by molar-refractivity contribution is 0.0359. The second-order valence-electron chi connectivity index (χ2n) is 5.81. The van der Waals surface area contributed by atoms with Gasteiger partial charge in [-0.15, -0.1) is 0 Å². The van der Waals surface area contributed by atoms with Crippen molar-refractivity contribution in [2.24, 2.45) is 5.41 Å². The van der Waals surface area contributed by atoms with Crippen molar-refractivity contribution in [3.63, 3.8) is 0 Å². The van der Waals surface area contributed by atoms with Gasteiger partial charge in [-0.05, 0) is 31.2 Å². The first kappa shape index (κ1) is 13.5. The SMILES string of the molecule is CC(C)(C)CCC(C)(O)c1ccccc1Cl. The summed E-state index contributed by atoms with van der Waals surface area (Å²) in [6, 6.07) is 7.51. The van der Waals surface area contributed by atoms with Crippen LogP contribution in [0.25, 0.3) is 0 Å². The lowest BCUT2D eigenvalue weighted by Crippen LogP contribution is -2.24. The van der Waals surface area contributed by atoms with E-state index in [9.17, 15) is 5.11 Å². The normalized spacial score (nSPS) is 15.9. The molecule has 0 bridgehead atoms. The van der Waals surface area contributed by atoms with Crippen LogP contribution in [-0.4, -0.2) is 5.11 Å². The Labute approximate surface area is 103 Å². The molecule has 0 saturated carbocycles. The zero-order chi connectivity index (χ0) is 12.4. The van der Waals surface area contributed by atoms with E-state index in [0.29, 0.717) is 5.02 Å². The minimum absolute atomic E-state index is 0.227. The van der Waals surface area contributed by atoms with Crippen LogP contribution in [0, 0.1) is 5.41 Å². The van der Waals surface area contributed by atoms with Gasteiger partial charge in [-0.25, -0.2) is 0 Å². The first-order chi connectivity index (χ1) is 7.22. The molecular formula is C14H21ClO. The summed E-state index contributed by atoms with van der Waals surface area (Å²) in [5.74, 6) is 0. The van der Waals surface area contributed by atoms with Crippen LogP contribution in [0.5, 0.6) is 0 Å².